The second-order valence-corrected chi connectivity index (χ2v) is 6.26. The summed E-state index contributed by atoms with van der Waals surface area (Å²) >= 11 is 0. The van der Waals surface area contributed by atoms with Gasteiger partial charge in [-0.05, 0) is 38.7 Å². The van der Waals surface area contributed by atoms with Gasteiger partial charge in [0.05, 0.1) is 0 Å². The fraction of sp³-hybridized carbons (Fsp3) is 0.444. The number of carbonyl (C=O) groups is 2. The Labute approximate surface area is 134 Å². The molecule has 0 saturated heterocycles. The second-order valence-electron chi connectivity index (χ2n) is 6.26. The van der Waals surface area contributed by atoms with Gasteiger partial charge in [0.25, 0.3) is 0 Å². The number of aryl methyl sites for hydroxylation is 1. The Balaban J connectivity index is 1.71. The maximum Gasteiger partial charge on any atom is 0.338 e. The standard InChI is InChI=1S/C18H21NO4/c1-12-16(13-7-3-4-8-14(13)19-12)15(20)11-23-17(21)18(22)9-5-2-6-10-18/h3-4,7-8,19,22H,2,5-6,9-11H2,1H3. The van der Waals surface area contributed by atoms with E-state index >= 15 is 0 Å². The summed E-state index contributed by atoms with van der Waals surface area (Å²) in [5.41, 5.74) is 0.756. The van der Waals surface area contributed by atoms with Crippen molar-refractivity contribution < 1.29 is 19.4 Å². The second kappa shape index (κ2) is 6.16. The third-order valence-corrected chi connectivity index (χ3v) is 4.57. The normalized spacial score (nSPS) is 17.1. The molecule has 0 atom stereocenters. The molecule has 122 valence electrons. The van der Waals surface area contributed by atoms with Gasteiger partial charge in [-0.2, -0.15) is 0 Å². The van der Waals surface area contributed by atoms with Gasteiger partial charge >= 0.3 is 5.97 Å². The highest BCUT2D eigenvalue weighted by atomic mass is 16.6. The molecule has 2 aromatic rings. The minimum atomic E-state index is -1.42. The first kappa shape index (κ1) is 15.7. The van der Waals surface area contributed by atoms with Crippen LogP contribution in [0.2, 0.25) is 0 Å². The van der Waals surface area contributed by atoms with Crippen LogP contribution >= 0.6 is 0 Å². The summed E-state index contributed by atoms with van der Waals surface area (Å²) < 4.78 is 5.12. The van der Waals surface area contributed by atoms with Crippen molar-refractivity contribution in [1.82, 2.24) is 4.98 Å². The number of rotatable bonds is 4. The number of fused-ring (bicyclic) bond motifs is 1. The molecule has 5 heteroatoms. The van der Waals surface area contributed by atoms with Crippen molar-refractivity contribution in [2.24, 2.45) is 0 Å². The lowest BCUT2D eigenvalue weighted by Gasteiger charge is -2.29. The Morgan fingerprint density at radius 1 is 1.22 bits per heavy atom. The molecule has 1 heterocycles. The maximum absolute atomic E-state index is 12.5. The predicted molar refractivity (Wildman–Crippen MR) is 86.4 cm³/mol. The molecule has 5 nitrogen and oxygen atoms in total. The molecule has 1 saturated carbocycles. The Morgan fingerprint density at radius 2 is 1.91 bits per heavy atom. The molecule has 1 aliphatic rings. The van der Waals surface area contributed by atoms with E-state index in [1.54, 1.807) is 0 Å². The SMILES string of the molecule is Cc1[nH]c2ccccc2c1C(=O)COC(=O)C1(O)CCCCC1. The number of nitrogens with one attached hydrogen (secondary N) is 1. The average molecular weight is 315 g/mol. The summed E-state index contributed by atoms with van der Waals surface area (Å²) in [7, 11) is 0. The molecule has 0 spiro atoms. The molecule has 1 aromatic carbocycles. The fourth-order valence-electron chi connectivity index (χ4n) is 3.31. The molecule has 1 aliphatic carbocycles. The Hall–Kier alpha value is -2.14. The van der Waals surface area contributed by atoms with Crippen molar-refractivity contribution >= 4 is 22.7 Å². The summed E-state index contributed by atoms with van der Waals surface area (Å²) in [4.78, 5) is 27.7. The molecule has 2 N–H and O–H groups in total. The number of aromatic amines is 1. The van der Waals surface area contributed by atoms with Crippen LogP contribution in [0.3, 0.4) is 0 Å². The van der Waals surface area contributed by atoms with E-state index in [1.165, 1.54) is 0 Å². The molecule has 1 aromatic heterocycles. The van der Waals surface area contributed by atoms with E-state index in [0.29, 0.717) is 18.4 Å². The van der Waals surface area contributed by atoms with Crippen molar-refractivity contribution in [3.8, 4) is 0 Å². The minimum Gasteiger partial charge on any atom is -0.455 e. The smallest absolute Gasteiger partial charge is 0.338 e. The van der Waals surface area contributed by atoms with E-state index in [2.05, 4.69) is 4.98 Å². The molecule has 0 bridgehead atoms. The molecule has 0 amide bonds. The third-order valence-electron chi connectivity index (χ3n) is 4.57. The summed E-state index contributed by atoms with van der Waals surface area (Å²) in [5, 5.41) is 11.1. The number of ether oxygens (including phenoxy) is 1. The quantitative estimate of drug-likeness (QED) is 0.671. The van der Waals surface area contributed by atoms with E-state index in [4.69, 9.17) is 4.74 Å². The molecule has 1 fully saturated rings. The first-order chi connectivity index (χ1) is 11.0. The van der Waals surface area contributed by atoms with Crippen LogP contribution in [0.15, 0.2) is 24.3 Å². The van der Waals surface area contributed by atoms with Crippen LogP contribution in [0.5, 0.6) is 0 Å². The highest BCUT2D eigenvalue weighted by Gasteiger charge is 2.39. The number of carbonyl (C=O) groups excluding carboxylic acids is 2. The number of benzene rings is 1. The lowest BCUT2D eigenvalue weighted by molar-refractivity contribution is -0.167. The Morgan fingerprint density at radius 3 is 2.65 bits per heavy atom. The third kappa shape index (κ3) is 3.01. The summed E-state index contributed by atoms with van der Waals surface area (Å²) in [6, 6.07) is 7.52. The van der Waals surface area contributed by atoms with Crippen LogP contribution in [0.25, 0.3) is 10.9 Å². The largest absolute Gasteiger partial charge is 0.455 e. The first-order valence-corrected chi connectivity index (χ1v) is 8.01. The highest BCUT2D eigenvalue weighted by Crippen LogP contribution is 2.29. The Kier molecular flexibility index (Phi) is 4.22. The van der Waals surface area contributed by atoms with Crippen molar-refractivity contribution in [3.63, 3.8) is 0 Å². The van der Waals surface area contributed by atoms with E-state index < -0.39 is 11.6 Å². The topological polar surface area (TPSA) is 79.4 Å². The van der Waals surface area contributed by atoms with Crippen LogP contribution in [0.4, 0.5) is 0 Å². The number of esters is 1. The van der Waals surface area contributed by atoms with Crippen molar-refractivity contribution in [3.05, 3.63) is 35.5 Å². The van der Waals surface area contributed by atoms with Crippen LogP contribution < -0.4 is 0 Å². The predicted octanol–water partition coefficient (Wildman–Crippen LogP) is 2.90. The monoisotopic (exact) mass is 315 g/mol. The lowest BCUT2D eigenvalue weighted by atomic mass is 9.85. The summed E-state index contributed by atoms with van der Waals surface area (Å²) in [5.74, 6) is -0.934. The first-order valence-electron chi connectivity index (χ1n) is 8.01. The van der Waals surface area contributed by atoms with Gasteiger partial charge in [-0.15, -0.1) is 0 Å². The number of hydrogen-bond donors (Lipinski definition) is 2. The minimum absolute atomic E-state index is 0.257. The van der Waals surface area contributed by atoms with Gasteiger partial charge in [0, 0.05) is 22.2 Å². The van der Waals surface area contributed by atoms with Crippen LogP contribution in [-0.2, 0) is 9.53 Å². The zero-order valence-electron chi connectivity index (χ0n) is 13.2. The van der Waals surface area contributed by atoms with Gasteiger partial charge in [-0.3, -0.25) is 4.79 Å². The fourth-order valence-corrected chi connectivity index (χ4v) is 3.31. The van der Waals surface area contributed by atoms with E-state index in [9.17, 15) is 14.7 Å². The number of para-hydroxylation sites is 1. The van der Waals surface area contributed by atoms with Gasteiger partial charge in [0.1, 0.15) is 0 Å². The number of H-pyrrole nitrogens is 1. The van der Waals surface area contributed by atoms with Gasteiger partial charge in [0.2, 0.25) is 5.78 Å². The highest BCUT2D eigenvalue weighted by molar-refractivity contribution is 6.10. The van der Waals surface area contributed by atoms with Gasteiger partial charge in [0.15, 0.2) is 12.2 Å². The zero-order chi connectivity index (χ0) is 16.4. The van der Waals surface area contributed by atoms with E-state index in [1.807, 2.05) is 31.2 Å². The number of hydrogen-bond acceptors (Lipinski definition) is 4. The van der Waals surface area contributed by atoms with Crippen molar-refractivity contribution in [2.45, 2.75) is 44.6 Å². The number of aromatic nitrogens is 1. The molecular weight excluding hydrogens is 294 g/mol. The molecule has 23 heavy (non-hydrogen) atoms. The molecular formula is C18H21NO4. The van der Waals surface area contributed by atoms with Gasteiger partial charge in [-0.25, -0.2) is 4.79 Å². The van der Waals surface area contributed by atoms with Gasteiger partial charge < -0.3 is 14.8 Å². The van der Waals surface area contributed by atoms with Crippen LogP contribution in [0.1, 0.15) is 48.2 Å². The lowest BCUT2D eigenvalue weighted by Crippen LogP contribution is -2.42. The zero-order valence-corrected chi connectivity index (χ0v) is 13.2. The van der Waals surface area contributed by atoms with Crippen molar-refractivity contribution in [2.75, 3.05) is 6.61 Å². The van der Waals surface area contributed by atoms with E-state index in [0.717, 1.165) is 35.9 Å². The molecule has 0 unspecified atom stereocenters. The maximum atomic E-state index is 12.5. The molecule has 0 aliphatic heterocycles. The molecule has 0 radical (unpaired) electrons. The molecule has 3 rings (SSSR count). The average Bonchev–Trinajstić information content (AvgIpc) is 2.88. The summed E-state index contributed by atoms with van der Waals surface area (Å²) in [6.45, 7) is 1.48. The number of ketones is 1. The van der Waals surface area contributed by atoms with Crippen LogP contribution in [-0.4, -0.2) is 34.1 Å². The van der Waals surface area contributed by atoms with Gasteiger partial charge in [-0.1, -0.05) is 24.6 Å². The van der Waals surface area contributed by atoms with Crippen molar-refractivity contribution in [1.29, 1.82) is 0 Å². The van der Waals surface area contributed by atoms with E-state index in [-0.39, 0.29) is 12.4 Å². The Bertz CT molecular complexity index is 741. The number of aliphatic hydroxyl groups is 1. The summed E-state index contributed by atoms with van der Waals surface area (Å²) in [6.07, 6.45) is 3.45. The number of Topliss-reactive ketones (excluding diaryl/α,β-unsaturated/α-hetero) is 1. The van der Waals surface area contributed by atoms with Crippen LogP contribution in [0, 0.1) is 6.92 Å².